The number of benzene rings is 2. The third kappa shape index (κ3) is 3.77. The second-order valence-corrected chi connectivity index (χ2v) is 8.90. The first-order valence-electron chi connectivity index (χ1n) is 10.5. The standard InChI is InChI=1S/C25H24N2O6/c1-24(2,3)33-23(29)27-20-13-8-7-12-18(20)25(22(27)28,17-10-5-4-6-11-17)19(16-26(30)31)21-14-9-15-32-21/h4-15,19H,16H2,1-3H3/t19-,25-/m0/s1. The highest BCUT2D eigenvalue weighted by Gasteiger charge is 2.61. The molecule has 170 valence electrons. The summed E-state index contributed by atoms with van der Waals surface area (Å²) < 4.78 is 11.1. The van der Waals surface area contributed by atoms with E-state index in [-0.39, 0.29) is 5.76 Å². The molecular formula is C25H24N2O6. The van der Waals surface area contributed by atoms with E-state index in [0.29, 0.717) is 16.8 Å². The summed E-state index contributed by atoms with van der Waals surface area (Å²) in [5.41, 5.74) is -1.07. The summed E-state index contributed by atoms with van der Waals surface area (Å²) in [5, 5.41) is 11.8. The Morgan fingerprint density at radius 3 is 2.36 bits per heavy atom. The summed E-state index contributed by atoms with van der Waals surface area (Å²) in [6.45, 7) is 4.55. The Labute approximate surface area is 190 Å². The molecule has 8 heteroatoms. The highest BCUT2D eigenvalue weighted by molar-refractivity contribution is 6.23. The van der Waals surface area contributed by atoms with Crippen LogP contribution in [-0.2, 0) is 14.9 Å². The van der Waals surface area contributed by atoms with Gasteiger partial charge in [-0.1, -0.05) is 48.5 Å². The van der Waals surface area contributed by atoms with Crippen LogP contribution in [0.1, 0.15) is 43.6 Å². The molecule has 2 amide bonds. The average Bonchev–Trinajstić information content (AvgIpc) is 3.36. The number of nitro groups is 1. The number of hydrogen-bond acceptors (Lipinski definition) is 6. The van der Waals surface area contributed by atoms with Gasteiger partial charge < -0.3 is 9.15 Å². The third-order valence-corrected chi connectivity index (χ3v) is 5.66. The van der Waals surface area contributed by atoms with Crippen LogP contribution in [0, 0.1) is 10.1 Å². The van der Waals surface area contributed by atoms with Crippen LogP contribution in [-0.4, -0.2) is 29.1 Å². The SMILES string of the molecule is CC(C)(C)OC(=O)N1C(=O)[C@](c2ccccc2)([C@@H](C[N+](=O)[O-])c2ccco2)c2ccccc21. The summed E-state index contributed by atoms with van der Waals surface area (Å²) in [6.07, 6.45) is 0.579. The highest BCUT2D eigenvalue weighted by Crippen LogP contribution is 2.54. The van der Waals surface area contributed by atoms with Crippen molar-refractivity contribution in [2.45, 2.75) is 37.7 Å². The van der Waals surface area contributed by atoms with Crippen LogP contribution in [0.3, 0.4) is 0 Å². The Balaban J connectivity index is 2.02. The van der Waals surface area contributed by atoms with Crippen molar-refractivity contribution in [3.8, 4) is 0 Å². The lowest BCUT2D eigenvalue weighted by Gasteiger charge is -2.34. The van der Waals surface area contributed by atoms with Gasteiger partial charge in [-0.3, -0.25) is 14.9 Å². The van der Waals surface area contributed by atoms with Gasteiger partial charge in [0, 0.05) is 4.92 Å². The van der Waals surface area contributed by atoms with E-state index in [2.05, 4.69) is 0 Å². The van der Waals surface area contributed by atoms with E-state index >= 15 is 0 Å². The largest absolute Gasteiger partial charge is 0.469 e. The van der Waals surface area contributed by atoms with Gasteiger partial charge in [0.1, 0.15) is 22.7 Å². The van der Waals surface area contributed by atoms with Gasteiger partial charge in [0.15, 0.2) is 0 Å². The quantitative estimate of drug-likeness (QED) is 0.406. The Morgan fingerprint density at radius 1 is 1.09 bits per heavy atom. The number of anilines is 1. The van der Waals surface area contributed by atoms with Gasteiger partial charge >= 0.3 is 6.09 Å². The zero-order chi connectivity index (χ0) is 23.8. The van der Waals surface area contributed by atoms with E-state index < -0.39 is 40.4 Å². The first-order chi connectivity index (χ1) is 15.7. The van der Waals surface area contributed by atoms with Crippen LogP contribution < -0.4 is 4.90 Å². The monoisotopic (exact) mass is 448 g/mol. The van der Waals surface area contributed by atoms with Crippen molar-refractivity contribution in [3.05, 3.63) is 100.0 Å². The molecule has 0 saturated heterocycles. The first-order valence-corrected chi connectivity index (χ1v) is 10.5. The van der Waals surface area contributed by atoms with Gasteiger partial charge in [0.05, 0.1) is 12.0 Å². The fourth-order valence-electron chi connectivity index (χ4n) is 4.49. The maximum absolute atomic E-state index is 14.3. The molecule has 8 nitrogen and oxygen atoms in total. The smallest absolute Gasteiger partial charge is 0.421 e. The molecule has 33 heavy (non-hydrogen) atoms. The van der Waals surface area contributed by atoms with Gasteiger partial charge in [-0.05, 0) is 50.1 Å². The van der Waals surface area contributed by atoms with E-state index in [9.17, 15) is 19.7 Å². The van der Waals surface area contributed by atoms with Crippen molar-refractivity contribution in [1.29, 1.82) is 0 Å². The average molecular weight is 448 g/mol. The van der Waals surface area contributed by atoms with Crippen molar-refractivity contribution < 1.29 is 23.7 Å². The number of fused-ring (bicyclic) bond motifs is 1. The van der Waals surface area contributed by atoms with Gasteiger partial charge in [-0.2, -0.15) is 0 Å². The lowest BCUT2D eigenvalue weighted by Crippen LogP contribution is -2.50. The second-order valence-electron chi connectivity index (χ2n) is 8.90. The Morgan fingerprint density at radius 2 is 1.76 bits per heavy atom. The molecule has 0 bridgehead atoms. The van der Waals surface area contributed by atoms with E-state index in [1.54, 1.807) is 87.5 Å². The van der Waals surface area contributed by atoms with Crippen molar-refractivity contribution in [1.82, 2.24) is 0 Å². The Hall–Kier alpha value is -3.94. The van der Waals surface area contributed by atoms with Crippen molar-refractivity contribution in [2.75, 3.05) is 11.4 Å². The van der Waals surface area contributed by atoms with Gasteiger partial charge in [0.2, 0.25) is 6.54 Å². The number of imide groups is 1. The molecule has 1 aromatic heterocycles. The second kappa shape index (κ2) is 8.20. The normalized spacial score (nSPS) is 18.6. The minimum absolute atomic E-state index is 0.282. The number of amides is 2. The summed E-state index contributed by atoms with van der Waals surface area (Å²) in [7, 11) is 0. The van der Waals surface area contributed by atoms with Gasteiger partial charge in [-0.25, -0.2) is 9.69 Å². The molecule has 0 N–H and O–H groups in total. The number of furan rings is 1. The molecule has 1 aliphatic rings. The van der Waals surface area contributed by atoms with Crippen molar-refractivity contribution in [2.24, 2.45) is 0 Å². The van der Waals surface area contributed by atoms with Crippen LogP contribution in [0.25, 0.3) is 0 Å². The number of carbonyl (C=O) groups excluding carboxylic acids is 2. The molecule has 4 rings (SSSR count). The molecule has 2 atom stereocenters. The first kappa shape index (κ1) is 22.3. The topological polar surface area (TPSA) is 103 Å². The van der Waals surface area contributed by atoms with Crippen LogP contribution in [0.4, 0.5) is 10.5 Å². The fourth-order valence-corrected chi connectivity index (χ4v) is 4.49. The van der Waals surface area contributed by atoms with Crippen LogP contribution in [0.15, 0.2) is 77.4 Å². The van der Waals surface area contributed by atoms with E-state index in [4.69, 9.17) is 9.15 Å². The fraction of sp³-hybridized carbons (Fsp3) is 0.280. The number of hydrogen-bond donors (Lipinski definition) is 0. The van der Waals surface area contributed by atoms with Crippen LogP contribution in [0.2, 0.25) is 0 Å². The Kier molecular flexibility index (Phi) is 5.53. The lowest BCUT2D eigenvalue weighted by molar-refractivity contribution is -0.485. The van der Waals surface area contributed by atoms with Gasteiger partial charge in [-0.15, -0.1) is 0 Å². The summed E-state index contributed by atoms with van der Waals surface area (Å²) in [4.78, 5) is 39.8. The molecule has 1 aliphatic heterocycles. The van der Waals surface area contributed by atoms with E-state index in [1.807, 2.05) is 0 Å². The number of ether oxygens (including phenoxy) is 1. The zero-order valence-corrected chi connectivity index (χ0v) is 18.6. The zero-order valence-electron chi connectivity index (χ0n) is 18.6. The molecule has 2 aromatic carbocycles. The lowest BCUT2D eigenvalue weighted by atomic mass is 9.65. The molecule has 0 radical (unpaired) electrons. The van der Waals surface area contributed by atoms with Crippen molar-refractivity contribution in [3.63, 3.8) is 0 Å². The van der Waals surface area contributed by atoms with Crippen molar-refractivity contribution >= 4 is 17.7 Å². The maximum atomic E-state index is 14.3. The minimum atomic E-state index is -1.57. The maximum Gasteiger partial charge on any atom is 0.421 e. The molecule has 2 heterocycles. The highest BCUT2D eigenvalue weighted by atomic mass is 16.6. The molecule has 0 fully saturated rings. The number of nitrogens with zero attached hydrogens (tertiary/aromatic N) is 2. The van der Waals surface area contributed by atoms with Gasteiger partial charge in [0.25, 0.3) is 5.91 Å². The third-order valence-electron chi connectivity index (χ3n) is 5.66. The summed E-state index contributed by atoms with van der Waals surface area (Å²) >= 11 is 0. The predicted molar refractivity (Wildman–Crippen MR) is 121 cm³/mol. The summed E-state index contributed by atoms with van der Waals surface area (Å²) in [5.74, 6) is -1.34. The van der Waals surface area contributed by atoms with Crippen LogP contribution in [0.5, 0.6) is 0 Å². The number of carbonyl (C=O) groups is 2. The van der Waals surface area contributed by atoms with E-state index in [0.717, 1.165) is 4.90 Å². The summed E-state index contributed by atoms with van der Waals surface area (Å²) in [6, 6.07) is 18.9. The molecule has 0 aliphatic carbocycles. The molecule has 0 spiro atoms. The van der Waals surface area contributed by atoms with Crippen LogP contribution >= 0.6 is 0 Å². The minimum Gasteiger partial charge on any atom is -0.469 e. The molecule has 3 aromatic rings. The number of para-hydroxylation sites is 1. The number of rotatable bonds is 5. The van der Waals surface area contributed by atoms with E-state index in [1.165, 1.54) is 6.26 Å². The molecular weight excluding hydrogens is 424 g/mol. The Bertz CT molecular complexity index is 1180. The molecule has 0 unspecified atom stereocenters. The molecule has 0 saturated carbocycles. The predicted octanol–water partition coefficient (Wildman–Crippen LogP) is 4.91.